The van der Waals surface area contributed by atoms with Crippen molar-refractivity contribution in [2.24, 2.45) is 0 Å². The maximum atomic E-state index is 12.1. The highest BCUT2D eigenvalue weighted by atomic mass is 19.4. The molecular weight excluding hydrogens is 217 g/mol. The molecule has 0 spiro atoms. The molecule has 0 fully saturated rings. The number of aryl methyl sites for hydroxylation is 1. The molecule has 0 radical (unpaired) electrons. The van der Waals surface area contributed by atoms with Crippen molar-refractivity contribution in [2.45, 2.75) is 32.0 Å². The minimum absolute atomic E-state index is 0.0465. The summed E-state index contributed by atoms with van der Waals surface area (Å²) in [5.74, 6) is 0. The van der Waals surface area contributed by atoms with Crippen LogP contribution in [0.2, 0.25) is 0 Å². The number of alkyl halides is 3. The first-order valence-electron chi connectivity index (χ1n) is 5.08. The number of rotatable bonds is 4. The molecule has 0 saturated heterocycles. The Morgan fingerprint density at radius 3 is 2.62 bits per heavy atom. The maximum Gasteiger partial charge on any atom is 0.389 e. The van der Waals surface area contributed by atoms with Crippen molar-refractivity contribution in [2.75, 3.05) is 7.05 Å². The molecular formula is C11H15F3N2. The molecule has 0 aliphatic rings. The number of nitrogens with one attached hydrogen (secondary N) is 1. The molecule has 1 heterocycles. The Morgan fingerprint density at radius 1 is 1.44 bits per heavy atom. The predicted molar refractivity (Wildman–Crippen MR) is 56.1 cm³/mol. The Bertz CT molecular complexity index is 336. The molecule has 1 atom stereocenters. The van der Waals surface area contributed by atoms with E-state index in [0.29, 0.717) is 0 Å². The average Bonchev–Trinajstić information content (AvgIpc) is 2.20. The number of nitrogens with zero attached hydrogens (tertiary/aromatic N) is 1. The van der Waals surface area contributed by atoms with Crippen molar-refractivity contribution in [1.82, 2.24) is 10.3 Å². The lowest BCUT2D eigenvalue weighted by Gasteiger charge is -2.19. The topological polar surface area (TPSA) is 24.9 Å². The van der Waals surface area contributed by atoms with Crippen LogP contribution in [-0.2, 0) is 0 Å². The lowest BCUT2D eigenvalue weighted by molar-refractivity contribution is -0.136. The van der Waals surface area contributed by atoms with E-state index >= 15 is 0 Å². The second-order valence-electron chi connectivity index (χ2n) is 3.73. The normalized spacial score (nSPS) is 13.8. The Balaban J connectivity index is 2.72. The van der Waals surface area contributed by atoms with Gasteiger partial charge in [-0.05, 0) is 37.6 Å². The molecule has 1 aromatic rings. The van der Waals surface area contributed by atoms with Crippen LogP contribution in [0.3, 0.4) is 0 Å². The van der Waals surface area contributed by atoms with Crippen LogP contribution in [0.15, 0.2) is 18.5 Å². The van der Waals surface area contributed by atoms with Gasteiger partial charge in [0.25, 0.3) is 0 Å². The first-order valence-corrected chi connectivity index (χ1v) is 5.08. The van der Waals surface area contributed by atoms with Crippen LogP contribution in [0.5, 0.6) is 0 Å². The van der Waals surface area contributed by atoms with E-state index in [1.165, 1.54) is 0 Å². The maximum absolute atomic E-state index is 12.1. The van der Waals surface area contributed by atoms with Crippen LogP contribution in [0.4, 0.5) is 13.2 Å². The first kappa shape index (κ1) is 13.0. The van der Waals surface area contributed by atoms with E-state index in [2.05, 4.69) is 10.3 Å². The zero-order chi connectivity index (χ0) is 12.2. The largest absolute Gasteiger partial charge is 0.389 e. The van der Waals surface area contributed by atoms with Gasteiger partial charge < -0.3 is 5.32 Å². The molecule has 2 nitrogen and oxygen atoms in total. The Morgan fingerprint density at radius 2 is 2.12 bits per heavy atom. The van der Waals surface area contributed by atoms with E-state index < -0.39 is 12.6 Å². The van der Waals surface area contributed by atoms with Gasteiger partial charge in [0.1, 0.15) is 0 Å². The van der Waals surface area contributed by atoms with Crippen molar-refractivity contribution in [1.29, 1.82) is 0 Å². The zero-order valence-electron chi connectivity index (χ0n) is 9.30. The summed E-state index contributed by atoms with van der Waals surface area (Å²) in [6.07, 6.45) is -1.57. The zero-order valence-corrected chi connectivity index (χ0v) is 9.30. The van der Waals surface area contributed by atoms with Gasteiger partial charge >= 0.3 is 6.18 Å². The molecule has 1 rings (SSSR count). The van der Waals surface area contributed by atoms with Gasteiger partial charge in [-0.15, -0.1) is 0 Å². The second kappa shape index (κ2) is 5.30. The molecule has 16 heavy (non-hydrogen) atoms. The second-order valence-corrected chi connectivity index (χ2v) is 3.73. The van der Waals surface area contributed by atoms with Crippen LogP contribution in [-0.4, -0.2) is 18.2 Å². The van der Waals surface area contributed by atoms with Crippen LogP contribution in [0, 0.1) is 6.92 Å². The van der Waals surface area contributed by atoms with Crippen molar-refractivity contribution in [3.63, 3.8) is 0 Å². The molecule has 90 valence electrons. The van der Waals surface area contributed by atoms with E-state index in [1.807, 2.05) is 6.92 Å². The Labute approximate surface area is 92.9 Å². The highest BCUT2D eigenvalue weighted by Crippen LogP contribution is 2.28. The van der Waals surface area contributed by atoms with Crippen LogP contribution in [0.1, 0.15) is 30.0 Å². The summed E-state index contributed by atoms with van der Waals surface area (Å²) >= 11 is 0. The van der Waals surface area contributed by atoms with Gasteiger partial charge in [0, 0.05) is 24.9 Å². The van der Waals surface area contributed by atoms with Gasteiger partial charge in [0.15, 0.2) is 0 Å². The highest BCUT2D eigenvalue weighted by molar-refractivity contribution is 5.25. The van der Waals surface area contributed by atoms with Crippen molar-refractivity contribution < 1.29 is 13.2 Å². The molecule has 1 aromatic heterocycles. The third-order valence-corrected chi connectivity index (χ3v) is 2.50. The van der Waals surface area contributed by atoms with E-state index in [-0.39, 0.29) is 12.5 Å². The van der Waals surface area contributed by atoms with Crippen molar-refractivity contribution >= 4 is 0 Å². The van der Waals surface area contributed by atoms with Gasteiger partial charge in [-0.2, -0.15) is 13.2 Å². The minimum atomic E-state index is -4.10. The number of hydrogen-bond acceptors (Lipinski definition) is 2. The van der Waals surface area contributed by atoms with E-state index in [1.54, 1.807) is 25.5 Å². The summed E-state index contributed by atoms with van der Waals surface area (Å²) < 4.78 is 36.4. The number of halogens is 3. The van der Waals surface area contributed by atoms with Gasteiger partial charge in [-0.3, -0.25) is 4.98 Å². The molecule has 1 unspecified atom stereocenters. The minimum Gasteiger partial charge on any atom is -0.313 e. The molecule has 0 amide bonds. The average molecular weight is 232 g/mol. The highest BCUT2D eigenvalue weighted by Gasteiger charge is 2.28. The number of pyridine rings is 1. The molecule has 0 aromatic carbocycles. The smallest absolute Gasteiger partial charge is 0.313 e. The van der Waals surface area contributed by atoms with Crippen molar-refractivity contribution in [3.05, 3.63) is 29.6 Å². The van der Waals surface area contributed by atoms with E-state index in [9.17, 15) is 13.2 Å². The SMILES string of the molecule is CNC(CCC(F)(F)F)c1ccncc1C. The standard InChI is InChI=1S/C11H15F3N2/c1-8-7-16-6-4-9(8)10(15-2)3-5-11(12,13)14/h4,6-7,10,15H,3,5H2,1-2H3. The Hall–Kier alpha value is -1.10. The summed E-state index contributed by atoms with van der Waals surface area (Å²) in [5, 5.41) is 2.90. The predicted octanol–water partition coefficient (Wildman–Crippen LogP) is 2.99. The Kier molecular flexibility index (Phi) is 4.29. The fourth-order valence-corrected chi connectivity index (χ4v) is 1.64. The van der Waals surface area contributed by atoms with Crippen LogP contribution >= 0.6 is 0 Å². The van der Waals surface area contributed by atoms with Crippen molar-refractivity contribution in [3.8, 4) is 0 Å². The quantitative estimate of drug-likeness (QED) is 0.863. The molecule has 5 heteroatoms. The number of aromatic nitrogens is 1. The van der Waals surface area contributed by atoms with Gasteiger partial charge in [0.2, 0.25) is 0 Å². The molecule has 0 saturated carbocycles. The third-order valence-electron chi connectivity index (χ3n) is 2.50. The fourth-order valence-electron chi connectivity index (χ4n) is 1.64. The van der Waals surface area contributed by atoms with E-state index in [0.717, 1.165) is 11.1 Å². The van der Waals surface area contributed by atoms with Crippen LogP contribution < -0.4 is 5.32 Å². The third kappa shape index (κ3) is 3.81. The summed E-state index contributed by atoms with van der Waals surface area (Å²) in [6, 6.07) is 1.48. The molecule has 0 bridgehead atoms. The number of hydrogen-bond donors (Lipinski definition) is 1. The summed E-state index contributed by atoms with van der Waals surface area (Å²) in [6.45, 7) is 1.85. The van der Waals surface area contributed by atoms with Gasteiger partial charge in [0.05, 0.1) is 0 Å². The van der Waals surface area contributed by atoms with Gasteiger partial charge in [-0.25, -0.2) is 0 Å². The monoisotopic (exact) mass is 232 g/mol. The first-order chi connectivity index (χ1) is 7.44. The summed E-state index contributed by atoms with van der Waals surface area (Å²) in [7, 11) is 1.67. The van der Waals surface area contributed by atoms with Gasteiger partial charge in [-0.1, -0.05) is 0 Å². The van der Waals surface area contributed by atoms with Crippen LogP contribution in [0.25, 0.3) is 0 Å². The summed E-state index contributed by atoms with van der Waals surface area (Å²) in [4.78, 5) is 3.92. The fraction of sp³-hybridized carbons (Fsp3) is 0.545. The molecule has 0 aliphatic heterocycles. The lowest BCUT2D eigenvalue weighted by Crippen LogP contribution is -2.20. The summed E-state index contributed by atoms with van der Waals surface area (Å²) in [5.41, 5.74) is 1.78. The lowest BCUT2D eigenvalue weighted by atomic mass is 9.99. The van der Waals surface area contributed by atoms with E-state index in [4.69, 9.17) is 0 Å². The molecule has 0 aliphatic carbocycles. The molecule has 1 N–H and O–H groups in total.